The normalized spacial score (nSPS) is 22.9. The number of carbonyl (C=O) groups is 1. The second kappa shape index (κ2) is 4.66. The third-order valence-corrected chi connectivity index (χ3v) is 3.00. The molecule has 0 spiro atoms. The molecular formula is C13H17NO2. The molecule has 0 aliphatic heterocycles. The lowest BCUT2D eigenvalue weighted by Crippen LogP contribution is -2.33. The summed E-state index contributed by atoms with van der Waals surface area (Å²) >= 11 is 0. The summed E-state index contributed by atoms with van der Waals surface area (Å²) in [5, 5.41) is 12.8. The Morgan fingerprint density at radius 2 is 2.25 bits per heavy atom. The molecule has 1 aromatic rings. The van der Waals surface area contributed by atoms with Crippen LogP contribution >= 0.6 is 0 Å². The largest absolute Gasteiger partial charge is 0.390 e. The van der Waals surface area contributed by atoms with E-state index in [0.717, 1.165) is 17.5 Å². The van der Waals surface area contributed by atoms with Gasteiger partial charge >= 0.3 is 0 Å². The third-order valence-electron chi connectivity index (χ3n) is 3.00. The van der Waals surface area contributed by atoms with Crippen molar-refractivity contribution in [3.05, 3.63) is 35.4 Å². The minimum atomic E-state index is -0.488. The first-order valence-electron chi connectivity index (χ1n) is 5.77. The van der Waals surface area contributed by atoms with E-state index in [-0.39, 0.29) is 11.9 Å². The van der Waals surface area contributed by atoms with Gasteiger partial charge in [0, 0.05) is 12.8 Å². The van der Waals surface area contributed by atoms with Gasteiger partial charge in [0.05, 0.1) is 12.1 Å². The fraction of sp³-hybridized carbons (Fsp3) is 0.462. The smallest absolute Gasteiger partial charge is 0.220 e. The minimum Gasteiger partial charge on any atom is -0.390 e. The van der Waals surface area contributed by atoms with Crippen LogP contribution in [0.2, 0.25) is 0 Å². The summed E-state index contributed by atoms with van der Waals surface area (Å²) in [5.74, 6) is 0.0169. The highest BCUT2D eigenvalue weighted by atomic mass is 16.3. The fourth-order valence-corrected chi connectivity index (χ4v) is 2.22. The van der Waals surface area contributed by atoms with Gasteiger partial charge in [0.1, 0.15) is 0 Å². The van der Waals surface area contributed by atoms with Gasteiger partial charge in [-0.25, -0.2) is 0 Å². The topological polar surface area (TPSA) is 49.3 Å². The van der Waals surface area contributed by atoms with E-state index < -0.39 is 6.10 Å². The van der Waals surface area contributed by atoms with Crippen LogP contribution in [0.15, 0.2) is 24.3 Å². The summed E-state index contributed by atoms with van der Waals surface area (Å²) in [6.45, 7) is 1.97. The number of rotatable bonds is 3. The van der Waals surface area contributed by atoms with Crippen LogP contribution in [0.4, 0.5) is 0 Å². The highest BCUT2D eigenvalue weighted by Gasteiger charge is 2.31. The van der Waals surface area contributed by atoms with E-state index in [0.29, 0.717) is 12.8 Å². The van der Waals surface area contributed by atoms with Crippen LogP contribution in [-0.4, -0.2) is 17.1 Å². The van der Waals surface area contributed by atoms with Gasteiger partial charge in [0.25, 0.3) is 0 Å². The zero-order chi connectivity index (χ0) is 11.5. The first kappa shape index (κ1) is 11.1. The van der Waals surface area contributed by atoms with Crippen molar-refractivity contribution in [2.45, 2.75) is 38.3 Å². The zero-order valence-electron chi connectivity index (χ0n) is 9.44. The lowest BCUT2D eigenvalue weighted by molar-refractivity contribution is -0.122. The molecule has 0 saturated carbocycles. The lowest BCUT2D eigenvalue weighted by Gasteiger charge is -2.17. The lowest BCUT2D eigenvalue weighted by atomic mass is 10.1. The van der Waals surface area contributed by atoms with E-state index in [1.54, 1.807) is 0 Å². The Bertz CT molecular complexity index is 389. The second-order valence-corrected chi connectivity index (χ2v) is 4.27. The Hall–Kier alpha value is -1.35. The van der Waals surface area contributed by atoms with E-state index in [9.17, 15) is 9.90 Å². The summed E-state index contributed by atoms with van der Waals surface area (Å²) in [5.41, 5.74) is 2.19. The molecule has 2 N–H and O–H groups in total. The van der Waals surface area contributed by atoms with Gasteiger partial charge < -0.3 is 10.4 Å². The molecule has 86 valence electrons. The SMILES string of the molecule is CCCC(=O)N[C@@H]1c2ccccc2C[C@@H]1O. The summed E-state index contributed by atoms with van der Waals surface area (Å²) < 4.78 is 0. The summed E-state index contributed by atoms with van der Waals surface area (Å²) in [4.78, 5) is 11.5. The van der Waals surface area contributed by atoms with Crippen molar-refractivity contribution in [3.63, 3.8) is 0 Å². The van der Waals surface area contributed by atoms with Crippen molar-refractivity contribution in [2.24, 2.45) is 0 Å². The van der Waals surface area contributed by atoms with E-state index in [4.69, 9.17) is 0 Å². The highest BCUT2D eigenvalue weighted by Crippen LogP contribution is 2.31. The number of nitrogens with one attached hydrogen (secondary N) is 1. The molecule has 0 bridgehead atoms. The van der Waals surface area contributed by atoms with E-state index in [1.165, 1.54) is 0 Å². The number of hydrogen-bond donors (Lipinski definition) is 2. The van der Waals surface area contributed by atoms with Crippen molar-refractivity contribution < 1.29 is 9.90 Å². The zero-order valence-corrected chi connectivity index (χ0v) is 9.44. The van der Waals surface area contributed by atoms with Crippen LogP contribution < -0.4 is 5.32 Å². The van der Waals surface area contributed by atoms with Crippen molar-refractivity contribution >= 4 is 5.91 Å². The van der Waals surface area contributed by atoms with E-state index in [2.05, 4.69) is 5.32 Å². The van der Waals surface area contributed by atoms with Gasteiger partial charge in [0.2, 0.25) is 5.91 Å². The Morgan fingerprint density at radius 1 is 1.50 bits per heavy atom. The maximum Gasteiger partial charge on any atom is 0.220 e. The van der Waals surface area contributed by atoms with Crippen LogP contribution in [0.5, 0.6) is 0 Å². The Morgan fingerprint density at radius 3 is 3.00 bits per heavy atom. The van der Waals surface area contributed by atoms with Gasteiger partial charge in [-0.1, -0.05) is 31.2 Å². The van der Waals surface area contributed by atoms with Crippen LogP contribution in [0.3, 0.4) is 0 Å². The van der Waals surface area contributed by atoms with Crippen molar-refractivity contribution in [1.82, 2.24) is 5.32 Å². The maximum atomic E-state index is 11.5. The van der Waals surface area contributed by atoms with E-state index in [1.807, 2.05) is 31.2 Å². The molecule has 1 amide bonds. The van der Waals surface area contributed by atoms with Crippen molar-refractivity contribution in [1.29, 1.82) is 0 Å². The maximum absolute atomic E-state index is 11.5. The molecule has 16 heavy (non-hydrogen) atoms. The quantitative estimate of drug-likeness (QED) is 0.810. The molecule has 0 heterocycles. The van der Waals surface area contributed by atoms with Gasteiger partial charge in [-0.05, 0) is 17.5 Å². The molecule has 3 heteroatoms. The molecule has 2 atom stereocenters. The Balaban J connectivity index is 2.13. The number of aliphatic hydroxyl groups excluding tert-OH is 1. The van der Waals surface area contributed by atoms with Crippen molar-refractivity contribution in [2.75, 3.05) is 0 Å². The number of benzene rings is 1. The number of hydrogen-bond acceptors (Lipinski definition) is 2. The van der Waals surface area contributed by atoms with Crippen LogP contribution in [-0.2, 0) is 11.2 Å². The van der Waals surface area contributed by atoms with Gasteiger partial charge in [-0.3, -0.25) is 4.79 Å². The molecule has 0 saturated heterocycles. The summed E-state index contributed by atoms with van der Waals surface area (Å²) in [7, 11) is 0. The summed E-state index contributed by atoms with van der Waals surface area (Å²) in [6.07, 6.45) is 1.49. The highest BCUT2D eigenvalue weighted by molar-refractivity contribution is 5.76. The number of carbonyl (C=O) groups excluding carboxylic acids is 1. The molecule has 0 radical (unpaired) electrons. The van der Waals surface area contributed by atoms with Crippen molar-refractivity contribution in [3.8, 4) is 0 Å². The molecule has 0 unspecified atom stereocenters. The predicted molar refractivity (Wildman–Crippen MR) is 61.9 cm³/mol. The standard InChI is InChI=1S/C13H17NO2/c1-2-5-12(16)14-13-10-7-4-3-6-9(10)8-11(13)15/h3-4,6-7,11,13,15H,2,5,8H2,1H3,(H,14,16)/t11-,13+/m0/s1. The average molecular weight is 219 g/mol. The van der Waals surface area contributed by atoms with Crippen LogP contribution in [0, 0.1) is 0 Å². The van der Waals surface area contributed by atoms with Gasteiger partial charge in [-0.2, -0.15) is 0 Å². The molecule has 2 rings (SSSR count). The minimum absolute atomic E-state index is 0.0169. The third kappa shape index (κ3) is 2.09. The molecule has 1 aliphatic carbocycles. The molecule has 3 nitrogen and oxygen atoms in total. The van der Waals surface area contributed by atoms with Crippen LogP contribution in [0.25, 0.3) is 0 Å². The molecule has 0 fully saturated rings. The second-order valence-electron chi connectivity index (χ2n) is 4.27. The number of amides is 1. The fourth-order valence-electron chi connectivity index (χ4n) is 2.22. The average Bonchev–Trinajstić information content (AvgIpc) is 2.56. The molecule has 1 aliphatic rings. The Kier molecular flexibility index (Phi) is 3.25. The molecule has 1 aromatic carbocycles. The monoisotopic (exact) mass is 219 g/mol. The number of fused-ring (bicyclic) bond motifs is 1. The predicted octanol–water partition coefficient (Wildman–Crippen LogP) is 1.56. The summed E-state index contributed by atoms with van der Waals surface area (Å²) in [6, 6.07) is 7.65. The Labute approximate surface area is 95.5 Å². The first-order chi connectivity index (χ1) is 7.72. The molecule has 0 aromatic heterocycles. The van der Waals surface area contributed by atoms with Crippen LogP contribution in [0.1, 0.15) is 36.9 Å². The van der Waals surface area contributed by atoms with Gasteiger partial charge in [-0.15, -0.1) is 0 Å². The number of aliphatic hydroxyl groups is 1. The first-order valence-corrected chi connectivity index (χ1v) is 5.77. The van der Waals surface area contributed by atoms with E-state index >= 15 is 0 Å². The van der Waals surface area contributed by atoms with Gasteiger partial charge in [0.15, 0.2) is 0 Å². The molecular weight excluding hydrogens is 202 g/mol.